The molecule has 0 atom stereocenters. The Morgan fingerprint density at radius 2 is 0.750 bits per heavy atom. The van der Waals surface area contributed by atoms with Gasteiger partial charge in [0, 0.05) is 0 Å². The minimum Gasteiger partial charge on any atom is -0.207 e. The minimum atomic E-state index is -0.287. The molecule has 56 heavy (non-hydrogen) atoms. The van der Waals surface area contributed by atoms with Crippen LogP contribution in [0, 0.1) is 59.0 Å². The van der Waals surface area contributed by atoms with Gasteiger partial charge >= 0.3 is 0 Å². The van der Waals surface area contributed by atoms with Crippen molar-refractivity contribution in [2.24, 2.45) is 0 Å². The third-order valence-electron chi connectivity index (χ3n) is 12.1. The second-order valence-corrected chi connectivity index (χ2v) is 15.9. The Labute approximate surface area is 327 Å². The van der Waals surface area contributed by atoms with E-state index < -0.39 is 0 Å². The van der Waals surface area contributed by atoms with Gasteiger partial charge in [0.2, 0.25) is 6.71 Å². The van der Waals surface area contributed by atoms with E-state index in [2.05, 4.69) is 90.1 Å². The fourth-order valence-electron chi connectivity index (χ4n) is 10.00. The second kappa shape index (κ2) is 13.7. The van der Waals surface area contributed by atoms with Crippen molar-refractivity contribution >= 4 is 44.6 Å². The number of benzene rings is 8. The maximum absolute atomic E-state index is 14.6. The third kappa shape index (κ3) is 5.94. The van der Waals surface area contributed by atoms with E-state index in [1.165, 1.54) is 95.9 Å². The SMILES string of the molecule is Cc1cc(C)c(B(c2cc(-c3ccc(F)cc3)c3ccc4c(-c5ccc(F)cc5)cc(-c5ccc(F)cc5)c5c4c3c2CC5)c2c(C)cc(C)cc2C)c(C)c1. The first-order valence-electron chi connectivity index (χ1n) is 19.5. The highest BCUT2D eigenvalue weighted by Gasteiger charge is 2.34. The van der Waals surface area contributed by atoms with Crippen LogP contribution in [0.5, 0.6) is 0 Å². The van der Waals surface area contributed by atoms with Gasteiger partial charge in [0.25, 0.3) is 0 Å². The van der Waals surface area contributed by atoms with Crippen molar-refractivity contribution in [3.8, 4) is 33.4 Å². The molecule has 4 heteroatoms. The first-order valence-corrected chi connectivity index (χ1v) is 19.5. The lowest BCUT2D eigenvalue weighted by Crippen LogP contribution is -2.57. The molecule has 8 aromatic rings. The van der Waals surface area contributed by atoms with Crippen LogP contribution in [0.1, 0.15) is 44.5 Å². The summed E-state index contributed by atoms with van der Waals surface area (Å²) in [5.74, 6) is -0.839. The third-order valence-corrected chi connectivity index (χ3v) is 12.1. The van der Waals surface area contributed by atoms with Crippen LogP contribution in [0.2, 0.25) is 0 Å². The topological polar surface area (TPSA) is 0 Å². The summed E-state index contributed by atoms with van der Waals surface area (Å²) in [6.45, 7) is 13.2. The molecule has 1 aliphatic carbocycles. The monoisotopic (exact) mass is 734 g/mol. The maximum atomic E-state index is 14.6. The van der Waals surface area contributed by atoms with Crippen LogP contribution in [0.15, 0.2) is 121 Å². The standard InChI is InChI=1S/C52H42BF3/c1-29-23-31(3)51(32(4)24-29)53(52-33(5)25-30(2)26-34(52)6)48-28-47(37-11-17-40(56)18-12-37)43-20-19-41-45(35-7-13-38(54)14-8-35)27-46(36-9-15-39(55)16-10-36)42-21-22-44(48)50(43)49(41)42/h7-20,23-28H,21-22H2,1-6H3. The predicted molar refractivity (Wildman–Crippen MR) is 231 cm³/mol. The highest BCUT2D eigenvalue weighted by Crippen LogP contribution is 2.46. The molecule has 0 bridgehead atoms. The number of rotatable bonds is 6. The Hall–Kier alpha value is -5.87. The molecule has 0 saturated carbocycles. The molecule has 0 fully saturated rings. The van der Waals surface area contributed by atoms with Crippen LogP contribution in [0.25, 0.3) is 54.9 Å². The fourth-order valence-corrected chi connectivity index (χ4v) is 10.00. The molecule has 8 aromatic carbocycles. The molecule has 0 spiro atoms. The summed E-state index contributed by atoms with van der Waals surface area (Å²) >= 11 is 0. The second-order valence-electron chi connectivity index (χ2n) is 15.9. The summed E-state index contributed by atoms with van der Waals surface area (Å²) in [4.78, 5) is 0. The molecule has 0 saturated heterocycles. The summed E-state index contributed by atoms with van der Waals surface area (Å²) in [6.07, 6.45) is 1.61. The highest BCUT2D eigenvalue weighted by atomic mass is 19.1. The van der Waals surface area contributed by atoms with Crippen LogP contribution in [0.3, 0.4) is 0 Å². The van der Waals surface area contributed by atoms with Gasteiger partial charge < -0.3 is 0 Å². The summed E-state index contributed by atoms with van der Waals surface area (Å²) in [5.41, 5.74) is 19.9. The van der Waals surface area contributed by atoms with E-state index in [1.807, 2.05) is 36.4 Å². The summed E-state index contributed by atoms with van der Waals surface area (Å²) in [6, 6.07) is 38.6. The fraction of sp³-hybridized carbons (Fsp3) is 0.154. The van der Waals surface area contributed by atoms with E-state index in [9.17, 15) is 13.2 Å². The van der Waals surface area contributed by atoms with Crippen LogP contribution < -0.4 is 16.4 Å². The smallest absolute Gasteiger partial charge is 0.207 e. The quantitative estimate of drug-likeness (QED) is 0.118. The van der Waals surface area contributed by atoms with Crippen molar-refractivity contribution in [3.63, 3.8) is 0 Å². The number of halogens is 3. The Balaban J connectivity index is 1.49. The number of hydrogen-bond acceptors (Lipinski definition) is 0. The molecule has 0 heterocycles. The zero-order valence-electron chi connectivity index (χ0n) is 32.7. The van der Waals surface area contributed by atoms with E-state index in [1.54, 1.807) is 12.1 Å². The maximum Gasteiger partial charge on any atom is 0.242 e. The zero-order chi connectivity index (χ0) is 39.0. The average Bonchev–Trinajstić information content (AvgIpc) is 3.16. The predicted octanol–water partition coefficient (Wildman–Crippen LogP) is 11.9. The molecule has 0 unspecified atom stereocenters. The number of aryl methyl sites for hydroxylation is 8. The Bertz CT molecular complexity index is 2760. The van der Waals surface area contributed by atoms with E-state index in [0.717, 1.165) is 57.0 Å². The van der Waals surface area contributed by atoms with Gasteiger partial charge in [0.1, 0.15) is 17.5 Å². The van der Waals surface area contributed by atoms with Gasteiger partial charge in [-0.25, -0.2) is 13.2 Å². The molecule has 0 nitrogen and oxygen atoms in total. The zero-order valence-corrected chi connectivity index (χ0v) is 32.7. The van der Waals surface area contributed by atoms with E-state index in [-0.39, 0.29) is 24.2 Å². The average molecular weight is 735 g/mol. The van der Waals surface area contributed by atoms with Gasteiger partial charge in [-0.2, -0.15) is 0 Å². The first kappa shape index (κ1) is 35.8. The van der Waals surface area contributed by atoms with Crippen molar-refractivity contribution in [1.82, 2.24) is 0 Å². The number of hydrogen-bond donors (Lipinski definition) is 0. The normalized spacial score (nSPS) is 12.2. The van der Waals surface area contributed by atoms with Gasteiger partial charge in [-0.1, -0.05) is 129 Å². The van der Waals surface area contributed by atoms with E-state index in [0.29, 0.717) is 0 Å². The Morgan fingerprint density at radius 3 is 1.18 bits per heavy atom. The van der Waals surface area contributed by atoms with Crippen LogP contribution in [-0.4, -0.2) is 6.71 Å². The van der Waals surface area contributed by atoms with Gasteiger partial charge in [-0.05, 0) is 163 Å². The molecule has 274 valence electrons. The van der Waals surface area contributed by atoms with Crippen LogP contribution in [0.4, 0.5) is 13.2 Å². The molecule has 0 N–H and O–H groups in total. The Kier molecular flexibility index (Phi) is 8.77. The molecule has 0 amide bonds. The summed E-state index contributed by atoms with van der Waals surface area (Å²) < 4.78 is 43.3. The van der Waals surface area contributed by atoms with E-state index in [4.69, 9.17) is 0 Å². The van der Waals surface area contributed by atoms with Crippen molar-refractivity contribution in [2.75, 3.05) is 0 Å². The molecule has 1 aliphatic rings. The molecule has 0 aliphatic heterocycles. The largest absolute Gasteiger partial charge is 0.242 e. The van der Waals surface area contributed by atoms with Crippen LogP contribution >= 0.6 is 0 Å². The molecular weight excluding hydrogens is 692 g/mol. The van der Waals surface area contributed by atoms with Gasteiger partial charge in [-0.3, -0.25) is 0 Å². The highest BCUT2D eigenvalue weighted by molar-refractivity contribution is 6.97. The van der Waals surface area contributed by atoms with Crippen molar-refractivity contribution in [3.05, 3.63) is 183 Å². The van der Waals surface area contributed by atoms with Crippen LogP contribution in [-0.2, 0) is 12.8 Å². The lowest BCUT2D eigenvalue weighted by atomic mass is 9.33. The summed E-state index contributed by atoms with van der Waals surface area (Å²) in [7, 11) is 0. The van der Waals surface area contributed by atoms with Gasteiger partial charge in [0.05, 0.1) is 0 Å². The lowest BCUT2D eigenvalue weighted by molar-refractivity contribution is 0.627. The van der Waals surface area contributed by atoms with Crippen molar-refractivity contribution < 1.29 is 13.2 Å². The van der Waals surface area contributed by atoms with Gasteiger partial charge in [0.15, 0.2) is 0 Å². The molecular formula is C52H42BF3. The lowest BCUT2D eigenvalue weighted by Gasteiger charge is -2.31. The molecule has 0 aromatic heterocycles. The first-order chi connectivity index (χ1) is 27.0. The van der Waals surface area contributed by atoms with Crippen molar-refractivity contribution in [2.45, 2.75) is 54.4 Å². The van der Waals surface area contributed by atoms with E-state index >= 15 is 0 Å². The molecule has 9 rings (SSSR count). The minimum absolute atomic E-state index is 0.0662. The molecule has 0 radical (unpaired) electrons. The van der Waals surface area contributed by atoms with Crippen molar-refractivity contribution in [1.29, 1.82) is 0 Å². The summed E-state index contributed by atoms with van der Waals surface area (Å²) in [5, 5.41) is 4.57. The van der Waals surface area contributed by atoms with Gasteiger partial charge in [-0.15, -0.1) is 0 Å². The Morgan fingerprint density at radius 1 is 0.393 bits per heavy atom.